The molecule has 9 aromatic carbocycles. The van der Waals surface area contributed by atoms with Crippen molar-refractivity contribution < 1.29 is 0 Å². The van der Waals surface area contributed by atoms with Crippen molar-refractivity contribution >= 4 is 43.2 Å². The minimum atomic E-state index is 1.03. The molecule has 10 rings (SSSR count). The molecule has 0 aliphatic heterocycles. The first-order valence-corrected chi connectivity index (χ1v) is 17.9. The summed E-state index contributed by atoms with van der Waals surface area (Å²) >= 11 is 0. The van der Waals surface area contributed by atoms with Gasteiger partial charge >= 0.3 is 0 Å². The molecule has 0 aliphatic rings. The molecule has 1 heterocycles. The van der Waals surface area contributed by atoms with Crippen LogP contribution in [0.15, 0.2) is 200 Å². The lowest BCUT2D eigenvalue weighted by Gasteiger charge is -2.22. The van der Waals surface area contributed by atoms with Crippen LogP contribution < -0.4 is 0 Å². The lowest BCUT2D eigenvalue weighted by Crippen LogP contribution is -1.95. The van der Waals surface area contributed by atoms with Crippen molar-refractivity contribution in [2.24, 2.45) is 0 Å². The third-order valence-corrected chi connectivity index (χ3v) is 10.5. The predicted molar refractivity (Wildman–Crippen MR) is 221 cm³/mol. The van der Waals surface area contributed by atoms with Gasteiger partial charge in [-0.1, -0.05) is 182 Å². The molecular formula is C51H33N. The Morgan fingerprint density at radius 2 is 0.788 bits per heavy atom. The highest BCUT2D eigenvalue weighted by atomic mass is 14.6. The Balaban J connectivity index is 1.36. The van der Waals surface area contributed by atoms with Crippen LogP contribution in [0.3, 0.4) is 0 Å². The molecule has 52 heavy (non-hydrogen) atoms. The minimum absolute atomic E-state index is 1.03. The van der Waals surface area contributed by atoms with Gasteiger partial charge in [-0.15, -0.1) is 0 Å². The normalized spacial score (nSPS) is 11.5. The van der Waals surface area contributed by atoms with Gasteiger partial charge in [0.15, 0.2) is 0 Å². The molecule has 0 aliphatic carbocycles. The fourth-order valence-electron chi connectivity index (χ4n) is 8.22. The molecule has 1 aromatic heterocycles. The van der Waals surface area contributed by atoms with Gasteiger partial charge in [-0.3, -0.25) is 4.98 Å². The highest BCUT2D eigenvalue weighted by molar-refractivity contribution is 6.24. The number of benzene rings is 9. The second-order valence-electron chi connectivity index (χ2n) is 13.4. The van der Waals surface area contributed by atoms with Crippen LogP contribution in [0.4, 0.5) is 0 Å². The Kier molecular flexibility index (Phi) is 7.22. The van der Waals surface area contributed by atoms with Crippen LogP contribution in [0.5, 0.6) is 0 Å². The van der Waals surface area contributed by atoms with Crippen molar-refractivity contribution in [3.05, 3.63) is 200 Å². The summed E-state index contributed by atoms with van der Waals surface area (Å²) in [5.41, 5.74) is 13.2. The van der Waals surface area contributed by atoms with E-state index in [2.05, 4.69) is 188 Å². The predicted octanol–water partition coefficient (Wildman–Crippen LogP) is 14.0. The quantitative estimate of drug-likeness (QED) is 0.132. The monoisotopic (exact) mass is 659 g/mol. The van der Waals surface area contributed by atoms with Gasteiger partial charge in [0, 0.05) is 17.0 Å². The first-order chi connectivity index (χ1) is 25.8. The lowest BCUT2D eigenvalue weighted by atomic mass is 9.81. The first kappa shape index (κ1) is 30.0. The average molecular weight is 660 g/mol. The fourth-order valence-corrected chi connectivity index (χ4v) is 8.22. The number of aromatic nitrogens is 1. The van der Waals surface area contributed by atoms with E-state index in [4.69, 9.17) is 4.98 Å². The second-order valence-corrected chi connectivity index (χ2v) is 13.4. The second kappa shape index (κ2) is 12.5. The van der Waals surface area contributed by atoms with Gasteiger partial charge in [0.2, 0.25) is 0 Å². The van der Waals surface area contributed by atoms with Crippen molar-refractivity contribution in [3.63, 3.8) is 0 Å². The van der Waals surface area contributed by atoms with Crippen LogP contribution in [-0.4, -0.2) is 4.98 Å². The first-order valence-electron chi connectivity index (χ1n) is 17.9. The van der Waals surface area contributed by atoms with Crippen LogP contribution in [0.1, 0.15) is 0 Å². The van der Waals surface area contributed by atoms with Gasteiger partial charge in [-0.05, 0) is 94.7 Å². The average Bonchev–Trinajstić information content (AvgIpc) is 3.23. The topological polar surface area (TPSA) is 12.9 Å². The van der Waals surface area contributed by atoms with E-state index in [0.29, 0.717) is 0 Å². The molecule has 0 N–H and O–H groups in total. The van der Waals surface area contributed by atoms with Gasteiger partial charge < -0.3 is 0 Å². The fraction of sp³-hybridized carbons (Fsp3) is 0. The molecule has 0 amide bonds. The Bertz CT molecular complexity index is 2940. The van der Waals surface area contributed by atoms with Crippen LogP contribution >= 0.6 is 0 Å². The SMILES string of the molecule is c1ccc(-c2ccccc2-c2c3ccccc3c(-c3ccccc3-c3ccccc3)c3cc(-c4cccc5ccc6cccnc6c45)ccc23)cc1. The van der Waals surface area contributed by atoms with Gasteiger partial charge in [0.05, 0.1) is 5.52 Å². The Morgan fingerprint density at radius 1 is 0.288 bits per heavy atom. The van der Waals surface area contributed by atoms with E-state index in [-0.39, 0.29) is 0 Å². The molecule has 1 nitrogen and oxygen atoms in total. The van der Waals surface area contributed by atoms with Crippen molar-refractivity contribution in [2.75, 3.05) is 0 Å². The molecule has 0 atom stereocenters. The van der Waals surface area contributed by atoms with Gasteiger partial charge in [-0.25, -0.2) is 0 Å². The molecule has 1 heteroatoms. The molecule has 0 saturated heterocycles. The van der Waals surface area contributed by atoms with Crippen molar-refractivity contribution in [1.29, 1.82) is 0 Å². The summed E-state index contributed by atoms with van der Waals surface area (Å²) in [4.78, 5) is 4.90. The van der Waals surface area contributed by atoms with Crippen molar-refractivity contribution in [2.45, 2.75) is 0 Å². The van der Waals surface area contributed by atoms with Crippen LogP contribution in [0.25, 0.3) is 98.9 Å². The Morgan fingerprint density at radius 3 is 1.44 bits per heavy atom. The van der Waals surface area contributed by atoms with Gasteiger partial charge in [0.1, 0.15) is 0 Å². The summed E-state index contributed by atoms with van der Waals surface area (Å²) in [6, 6.07) is 70.6. The number of fused-ring (bicyclic) bond motifs is 5. The summed E-state index contributed by atoms with van der Waals surface area (Å²) in [6.45, 7) is 0. The number of nitrogens with zero attached hydrogens (tertiary/aromatic N) is 1. The van der Waals surface area contributed by atoms with Crippen molar-refractivity contribution in [1.82, 2.24) is 4.98 Å². The molecule has 242 valence electrons. The third-order valence-electron chi connectivity index (χ3n) is 10.5. The summed E-state index contributed by atoms with van der Waals surface area (Å²) in [7, 11) is 0. The summed E-state index contributed by atoms with van der Waals surface area (Å²) in [5, 5.41) is 8.44. The largest absolute Gasteiger partial charge is 0.256 e. The molecule has 10 aromatic rings. The zero-order valence-electron chi connectivity index (χ0n) is 28.5. The Labute approximate surface area is 303 Å². The summed E-state index contributed by atoms with van der Waals surface area (Å²) in [6.07, 6.45) is 1.90. The minimum Gasteiger partial charge on any atom is -0.256 e. The number of pyridine rings is 1. The lowest BCUT2D eigenvalue weighted by molar-refractivity contribution is 1.43. The maximum atomic E-state index is 4.90. The highest BCUT2D eigenvalue weighted by Gasteiger charge is 2.21. The van der Waals surface area contributed by atoms with Gasteiger partial charge in [-0.2, -0.15) is 0 Å². The summed E-state index contributed by atoms with van der Waals surface area (Å²) < 4.78 is 0. The van der Waals surface area contributed by atoms with E-state index < -0.39 is 0 Å². The van der Waals surface area contributed by atoms with Crippen molar-refractivity contribution in [3.8, 4) is 55.6 Å². The van der Waals surface area contributed by atoms with E-state index in [9.17, 15) is 0 Å². The smallest absolute Gasteiger partial charge is 0.0786 e. The third kappa shape index (κ3) is 4.90. The van der Waals surface area contributed by atoms with E-state index in [1.807, 2.05) is 12.3 Å². The molecule has 0 fully saturated rings. The zero-order chi connectivity index (χ0) is 34.4. The highest BCUT2D eigenvalue weighted by Crippen LogP contribution is 2.49. The number of hydrogen-bond acceptors (Lipinski definition) is 1. The molecule has 0 bridgehead atoms. The zero-order valence-corrected chi connectivity index (χ0v) is 28.5. The summed E-state index contributed by atoms with van der Waals surface area (Å²) in [5.74, 6) is 0. The van der Waals surface area contributed by atoms with E-state index in [0.717, 1.165) is 10.9 Å². The maximum absolute atomic E-state index is 4.90. The molecule has 0 spiro atoms. The molecule has 0 saturated carbocycles. The molecule has 0 unspecified atom stereocenters. The van der Waals surface area contributed by atoms with Crippen LogP contribution in [0, 0.1) is 0 Å². The number of rotatable bonds is 5. The molecule has 0 radical (unpaired) electrons. The standard InChI is InChI=1S/C51H33N/c1-3-15-34(16-4-1)39-21-7-9-23-42(39)49-44-25-11-12-26-45(44)50(43-24-10-8-22-40(43)35-17-5-2-6-18-35)47-33-38(30-31-46(47)49)41-27-13-19-36-28-29-37-20-14-32-52-51(37)48(36)41/h1-33H. The molecular weight excluding hydrogens is 627 g/mol. The maximum Gasteiger partial charge on any atom is 0.0786 e. The van der Waals surface area contributed by atoms with E-state index in [1.165, 1.54) is 88.0 Å². The van der Waals surface area contributed by atoms with Crippen LogP contribution in [0.2, 0.25) is 0 Å². The van der Waals surface area contributed by atoms with Crippen LogP contribution in [-0.2, 0) is 0 Å². The Hall–Kier alpha value is -6.83. The van der Waals surface area contributed by atoms with E-state index >= 15 is 0 Å². The van der Waals surface area contributed by atoms with Gasteiger partial charge in [0.25, 0.3) is 0 Å². The van der Waals surface area contributed by atoms with E-state index in [1.54, 1.807) is 0 Å². The number of hydrogen-bond donors (Lipinski definition) is 0.